The molecule has 0 saturated carbocycles. The summed E-state index contributed by atoms with van der Waals surface area (Å²) in [5, 5.41) is 0. The molecule has 0 spiro atoms. The van der Waals surface area contributed by atoms with Crippen LogP contribution in [0, 0.1) is 18.3 Å². The highest BCUT2D eigenvalue weighted by Crippen LogP contribution is 2.04. The van der Waals surface area contributed by atoms with E-state index in [9.17, 15) is 0 Å². The minimum atomic E-state index is 0.282. The first-order chi connectivity index (χ1) is 4.09. The quantitative estimate of drug-likeness (QED) is 0.501. The highest BCUT2D eigenvalue weighted by Gasteiger charge is 2.10. The maximum absolute atomic E-state index is 5.28. The predicted octanol–water partition coefficient (Wildman–Crippen LogP) is 1.21. The van der Waals surface area contributed by atoms with Gasteiger partial charge in [-0.05, 0) is 20.0 Å². The van der Waals surface area contributed by atoms with E-state index in [4.69, 9.17) is 6.42 Å². The topological polar surface area (TPSA) is 3.24 Å². The Hall–Kier alpha value is -0.480. The van der Waals surface area contributed by atoms with Crippen LogP contribution in [0.2, 0.25) is 0 Å². The van der Waals surface area contributed by atoms with Crippen molar-refractivity contribution in [3.63, 3.8) is 0 Å². The van der Waals surface area contributed by atoms with Crippen molar-refractivity contribution < 1.29 is 0 Å². The number of hydrogen-bond acceptors (Lipinski definition) is 1. The van der Waals surface area contributed by atoms with Gasteiger partial charge in [-0.3, -0.25) is 4.90 Å². The number of nitrogens with zero attached hydrogens (tertiary/aromatic N) is 1. The molecular formula is C8H15N. The average Bonchev–Trinajstić information content (AvgIpc) is 1.64. The van der Waals surface area contributed by atoms with Gasteiger partial charge in [0.25, 0.3) is 0 Å². The lowest BCUT2D eigenvalue weighted by Crippen LogP contribution is -2.30. The Bertz CT molecular complexity index is 100. The van der Waals surface area contributed by atoms with Crippen molar-refractivity contribution in [2.45, 2.75) is 19.9 Å². The summed E-state index contributed by atoms with van der Waals surface area (Å²) >= 11 is 0. The highest BCUT2D eigenvalue weighted by atomic mass is 15.1. The van der Waals surface area contributed by atoms with Crippen molar-refractivity contribution in [3.05, 3.63) is 0 Å². The molecule has 0 heterocycles. The summed E-state index contributed by atoms with van der Waals surface area (Å²) in [6, 6.07) is 0.282. The van der Waals surface area contributed by atoms with Gasteiger partial charge in [0.1, 0.15) is 0 Å². The van der Waals surface area contributed by atoms with Crippen LogP contribution in [0.4, 0.5) is 0 Å². The molecule has 0 aromatic carbocycles. The van der Waals surface area contributed by atoms with E-state index in [0.29, 0.717) is 5.92 Å². The second-order valence-corrected chi connectivity index (χ2v) is 2.82. The Morgan fingerprint density at radius 3 is 1.78 bits per heavy atom. The van der Waals surface area contributed by atoms with Gasteiger partial charge < -0.3 is 0 Å². The van der Waals surface area contributed by atoms with E-state index >= 15 is 0 Å². The zero-order valence-corrected chi connectivity index (χ0v) is 6.68. The SMILES string of the molecule is C#CC(C(C)C)N(C)C. The summed E-state index contributed by atoms with van der Waals surface area (Å²) in [7, 11) is 4.01. The molecule has 0 aliphatic rings. The first-order valence-corrected chi connectivity index (χ1v) is 3.22. The third-order valence-electron chi connectivity index (χ3n) is 1.36. The molecular weight excluding hydrogens is 110 g/mol. The normalized spacial score (nSPS) is 13.9. The van der Waals surface area contributed by atoms with Gasteiger partial charge in [-0.25, -0.2) is 0 Å². The van der Waals surface area contributed by atoms with E-state index in [1.54, 1.807) is 0 Å². The second-order valence-electron chi connectivity index (χ2n) is 2.82. The van der Waals surface area contributed by atoms with Crippen molar-refractivity contribution >= 4 is 0 Å². The minimum Gasteiger partial charge on any atom is -0.296 e. The van der Waals surface area contributed by atoms with Crippen LogP contribution >= 0.6 is 0 Å². The summed E-state index contributed by atoms with van der Waals surface area (Å²) in [5.41, 5.74) is 0. The van der Waals surface area contributed by atoms with Crippen LogP contribution in [-0.4, -0.2) is 25.0 Å². The minimum absolute atomic E-state index is 0.282. The Labute approximate surface area is 58.1 Å². The molecule has 1 unspecified atom stereocenters. The number of hydrogen-bond donors (Lipinski definition) is 0. The van der Waals surface area contributed by atoms with Gasteiger partial charge in [0.05, 0.1) is 6.04 Å². The van der Waals surface area contributed by atoms with E-state index in [2.05, 4.69) is 24.7 Å². The molecule has 0 bridgehead atoms. The lowest BCUT2D eigenvalue weighted by molar-refractivity contribution is 0.289. The van der Waals surface area contributed by atoms with Gasteiger partial charge in [0, 0.05) is 0 Å². The van der Waals surface area contributed by atoms with E-state index in [1.807, 2.05) is 14.1 Å². The van der Waals surface area contributed by atoms with E-state index < -0.39 is 0 Å². The Balaban J connectivity index is 3.87. The third kappa shape index (κ3) is 2.53. The summed E-state index contributed by atoms with van der Waals surface area (Å²) in [5.74, 6) is 3.27. The van der Waals surface area contributed by atoms with Crippen molar-refractivity contribution in [1.82, 2.24) is 4.90 Å². The molecule has 0 radical (unpaired) electrons. The Kier molecular flexibility index (Phi) is 3.34. The van der Waals surface area contributed by atoms with Crippen molar-refractivity contribution in [3.8, 4) is 12.3 Å². The number of rotatable bonds is 2. The maximum atomic E-state index is 5.28. The first kappa shape index (κ1) is 8.52. The van der Waals surface area contributed by atoms with Gasteiger partial charge in [0.15, 0.2) is 0 Å². The zero-order chi connectivity index (χ0) is 7.44. The lowest BCUT2D eigenvalue weighted by atomic mass is 10.1. The third-order valence-corrected chi connectivity index (χ3v) is 1.36. The van der Waals surface area contributed by atoms with Crippen LogP contribution in [0.5, 0.6) is 0 Å². The predicted molar refractivity (Wildman–Crippen MR) is 41.1 cm³/mol. The molecule has 1 nitrogen and oxygen atoms in total. The molecule has 1 atom stereocenters. The van der Waals surface area contributed by atoms with Gasteiger partial charge in [-0.2, -0.15) is 0 Å². The van der Waals surface area contributed by atoms with Gasteiger partial charge in [-0.1, -0.05) is 19.8 Å². The van der Waals surface area contributed by atoms with Gasteiger partial charge >= 0.3 is 0 Å². The number of terminal acetylenes is 1. The van der Waals surface area contributed by atoms with Gasteiger partial charge in [0.2, 0.25) is 0 Å². The largest absolute Gasteiger partial charge is 0.296 e. The Morgan fingerprint density at radius 1 is 1.33 bits per heavy atom. The lowest BCUT2D eigenvalue weighted by Gasteiger charge is -2.21. The molecule has 0 aliphatic heterocycles. The molecule has 0 aromatic heterocycles. The molecule has 0 fully saturated rings. The summed E-state index contributed by atoms with van der Waals surface area (Å²) < 4.78 is 0. The molecule has 0 amide bonds. The Morgan fingerprint density at radius 2 is 1.78 bits per heavy atom. The van der Waals surface area contributed by atoms with Crippen molar-refractivity contribution in [2.24, 2.45) is 5.92 Å². The van der Waals surface area contributed by atoms with Crippen LogP contribution in [0.15, 0.2) is 0 Å². The molecule has 0 aliphatic carbocycles. The molecule has 0 N–H and O–H groups in total. The summed E-state index contributed by atoms with van der Waals surface area (Å²) in [4.78, 5) is 2.06. The van der Waals surface area contributed by atoms with Crippen LogP contribution in [0.3, 0.4) is 0 Å². The summed E-state index contributed by atoms with van der Waals surface area (Å²) in [6.07, 6.45) is 5.28. The fraction of sp³-hybridized carbons (Fsp3) is 0.750. The second kappa shape index (κ2) is 3.53. The van der Waals surface area contributed by atoms with E-state index in [0.717, 1.165) is 0 Å². The van der Waals surface area contributed by atoms with Crippen molar-refractivity contribution in [2.75, 3.05) is 14.1 Å². The average molecular weight is 125 g/mol. The molecule has 0 rings (SSSR count). The monoisotopic (exact) mass is 125 g/mol. The first-order valence-electron chi connectivity index (χ1n) is 3.22. The highest BCUT2D eigenvalue weighted by molar-refractivity contribution is 4.99. The zero-order valence-electron chi connectivity index (χ0n) is 6.68. The van der Waals surface area contributed by atoms with E-state index in [1.165, 1.54) is 0 Å². The van der Waals surface area contributed by atoms with Crippen LogP contribution in [0.1, 0.15) is 13.8 Å². The smallest absolute Gasteiger partial charge is 0.0730 e. The fourth-order valence-electron chi connectivity index (χ4n) is 0.938. The molecule has 1 heteroatoms. The molecule has 0 aromatic rings. The van der Waals surface area contributed by atoms with E-state index in [-0.39, 0.29) is 6.04 Å². The van der Waals surface area contributed by atoms with Crippen LogP contribution in [-0.2, 0) is 0 Å². The standard InChI is InChI=1S/C8H15N/c1-6-8(7(2)3)9(4)5/h1,7-8H,2-5H3. The maximum Gasteiger partial charge on any atom is 0.0730 e. The van der Waals surface area contributed by atoms with Gasteiger partial charge in [-0.15, -0.1) is 6.42 Å². The molecule has 9 heavy (non-hydrogen) atoms. The van der Waals surface area contributed by atoms with Crippen LogP contribution < -0.4 is 0 Å². The van der Waals surface area contributed by atoms with Crippen LogP contribution in [0.25, 0.3) is 0 Å². The summed E-state index contributed by atoms with van der Waals surface area (Å²) in [6.45, 7) is 4.26. The molecule has 52 valence electrons. The fourth-order valence-corrected chi connectivity index (χ4v) is 0.938. The van der Waals surface area contributed by atoms with Crippen molar-refractivity contribution in [1.29, 1.82) is 0 Å². The molecule has 0 saturated heterocycles.